The number of nitrogens with one attached hydrogen (secondary N) is 2. The number of hydrogen-bond acceptors (Lipinski definition) is 5. The molecule has 5 atom stereocenters. The summed E-state index contributed by atoms with van der Waals surface area (Å²) in [5.74, 6) is 0.531. The fraction of sp³-hybridized carbons (Fsp3) is 0.588. The highest BCUT2D eigenvalue weighted by Gasteiger charge is 2.48. The van der Waals surface area contributed by atoms with Gasteiger partial charge in [0.1, 0.15) is 0 Å². The molecule has 2 aromatic carbocycles. The van der Waals surface area contributed by atoms with Gasteiger partial charge in [0.05, 0.1) is 31.2 Å². The first-order valence-electron chi connectivity index (χ1n) is 16.0. The van der Waals surface area contributed by atoms with Gasteiger partial charge in [0.15, 0.2) is 0 Å². The van der Waals surface area contributed by atoms with Crippen molar-refractivity contribution in [3.8, 4) is 0 Å². The molecule has 2 saturated heterocycles. The number of nitrogens with zero attached hydrogens (tertiary/aromatic N) is 2. The second-order valence-electron chi connectivity index (χ2n) is 12.4. The van der Waals surface area contributed by atoms with E-state index >= 15 is 0 Å². The minimum Gasteiger partial charge on any atom is -0.379 e. The van der Waals surface area contributed by atoms with E-state index in [0.717, 1.165) is 96.4 Å². The van der Waals surface area contributed by atoms with Gasteiger partial charge in [-0.2, -0.15) is 0 Å². The van der Waals surface area contributed by atoms with Crippen LogP contribution in [0, 0.1) is 11.8 Å². The highest BCUT2D eigenvalue weighted by atomic mass is 16.5. The number of unbranched alkanes of at least 4 members (excludes halogenated alkanes) is 2. The van der Waals surface area contributed by atoms with Crippen molar-refractivity contribution in [3.63, 3.8) is 0 Å². The molecule has 1 aliphatic carbocycles. The maximum atomic E-state index is 14.3. The summed E-state index contributed by atoms with van der Waals surface area (Å²) in [4.78, 5) is 31.9. The average Bonchev–Trinajstić information content (AvgIpc) is 3.47. The van der Waals surface area contributed by atoms with E-state index in [9.17, 15) is 9.59 Å². The number of carbonyl (C=O) groups is 2. The maximum Gasteiger partial charge on any atom is 0.228 e. The molecule has 2 amide bonds. The number of para-hydroxylation sites is 1. The number of anilines is 1. The minimum absolute atomic E-state index is 0.0574. The Balaban J connectivity index is 1.08. The van der Waals surface area contributed by atoms with Crippen molar-refractivity contribution < 1.29 is 14.3 Å². The van der Waals surface area contributed by atoms with Crippen molar-refractivity contribution in [2.45, 2.75) is 75.9 Å². The van der Waals surface area contributed by atoms with Crippen molar-refractivity contribution in [3.05, 3.63) is 65.7 Å². The molecule has 3 heterocycles. The lowest BCUT2D eigenvalue weighted by Gasteiger charge is -2.42. The van der Waals surface area contributed by atoms with Crippen LogP contribution < -0.4 is 10.6 Å². The zero-order valence-electron chi connectivity index (χ0n) is 24.3. The number of carbonyl (C=O) groups excluding carboxylic acids is 2. The molecule has 0 bridgehead atoms. The van der Waals surface area contributed by atoms with Gasteiger partial charge in [0.2, 0.25) is 11.8 Å². The molecule has 220 valence electrons. The van der Waals surface area contributed by atoms with Crippen molar-refractivity contribution >= 4 is 17.5 Å². The Morgan fingerprint density at radius 1 is 0.878 bits per heavy atom. The third-order valence-corrected chi connectivity index (χ3v) is 9.82. The molecule has 7 heteroatoms. The van der Waals surface area contributed by atoms with Crippen LogP contribution in [0.1, 0.15) is 81.0 Å². The number of benzene rings is 2. The van der Waals surface area contributed by atoms with Crippen LogP contribution in [0.15, 0.2) is 54.6 Å². The van der Waals surface area contributed by atoms with Gasteiger partial charge in [0.25, 0.3) is 0 Å². The standard InChI is InChI=1S/C34H46N4O3/c39-31(17-5-2-10-19-37-21-23-41-24-22-37)35-30-16-9-7-14-27(30)34(40)38-20-18-28-32(25-11-3-1-4-12-25)36-29-15-8-6-13-26(29)33(28)38/h1,3-4,6,8,11-13,15,27-28,30,32-33,36H,2,5,7,9-10,14,16-24H2,(H,35,39)/t27-,28+,30+,32-,33-/m0/s1. The van der Waals surface area contributed by atoms with Crippen LogP contribution in [-0.2, 0) is 14.3 Å². The normalized spacial score (nSPS) is 27.9. The van der Waals surface area contributed by atoms with Crippen LogP contribution >= 0.6 is 0 Å². The van der Waals surface area contributed by atoms with Gasteiger partial charge in [0, 0.05) is 43.7 Å². The van der Waals surface area contributed by atoms with E-state index in [2.05, 4.69) is 75.0 Å². The number of amides is 2. The summed E-state index contributed by atoms with van der Waals surface area (Å²) in [5.41, 5.74) is 3.63. The fourth-order valence-electron chi connectivity index (χ4n) is 7.68. The molecule has 41 heavy (non-hydrogen) atoms. The second-order valence-corrected chi connectivity index (χ2v) is 12.4. The molecule has 0 unspecified atom stereocenters. The van der Waals surface area contributed by atoms with Crippen LogP contribution in [0.2, 0.25) is 0 Å². The van der Waals surface area contributed by atoms with Gasteiger partial charge in [-0.05, 0) is 55.8 Å². The van der Waals surface area contributed by atoms with Gasteiger partial charge in [-0.3, -0.25) is 14.5 Å². The Hall–Kier alpha value is -2.90. The molecule has 1 saturated carbocycles. The number of likely N-dealkylation sites (tertiary alicyclic amines) is 1. The number of hydrogen-bond donors (Lipinski definition) is 2. The lowest BCUT2D eigenvalue weighted by Crippen LogP contribution is -2.50. The second kappa shape index (κ2) is 13.4. The van der Waals surface area contributed by atoms with Crippen molar-refractivity contribution in [2.24, 2.45) is 11.8 Å². The largest absolute Gasteiger partial charge is 0.379 e. The Morgan fingerprint density at radius 2 is 1.66 bits per heavy atom. The summed E-state index contributed by atoms with van der Waals surface area (Å²) in [6.07, 6.45) is 8.49. The van der Waals surface area contributed by atoms with Crippen molar-refractivity contribution in [1.82, 2.24) is 15.1 Å². The van der Waals surface area contributed by atoms with Gasteiger partial charge in [-0.15, -0.1) is 0 Å². The van der Waals surface area contributed by atoms with E-state index in [1.807, 2.05) is 0 Å². The molecule has 0 aromatic heterocycles. The van der Waals surface area contributed by atoms with Crippen molar-refractivity contribution in [2.75, 3.05) is 44.7 Å². The van der Waals surface area contributed by atoms with E-state index in [4.69, 9.17) is 4.74 Å². The summed E-state index contributed by atoms with van der Waals surface area (Å²) < 4.78 is 5.43. The van der Waals surface area contributed by atoms with E-state index in [0.29, 0.717) is 12.3 Å². The van der Waals surface area contributed by atoms with E-state index in [-0.39, 0.29) is 35.9 Å². The predicted molar refractivity (Wildman–Crippen MR) is 161 cm³/mol. The zero-order chi connectivity index (χ0) is 28.0. The first kappa shape index (κ1) is 28.2. The Labute approximate surface area is 245 Å². The van der Waals surface area contributed by atoms with E-state index in [1.54, 1.807) is 0 Å². The van der Waals surface area contributed by atoms with Crippen LogP contribution in [0.3, 0.4) is 0 Å². The maximum absolute atomic E-state index is 14.3. The molecule has 7 nitrogen and oxygen atoms in total. The van der Waals surface area contributed by atoms with Crippen molar-refractivity contribution in [1.29, 1.82) is 0 Å². The molecule has 6 rings (SSSR count). The first-order chi connectivity index (χ1) is 20.2. The Bertz CT molecular complexity index is 1170. The monoisotopic (exact) mass is 558 g/mol. The zero-order valence-corrected chi connectivity index (χ0v) is 24.3. The molecule has 2 aromatic rings. The molecule has 0 radical (unpaired) electrons. The van der Waals surface area contributed by atoms with Crippen LogP contribution in [0.25, 0.3) is 0 Å². The van der Waals surface area contributed by atoms with Gasteiger partial charge < -0.3 is 20.3 Å². The molecule has 2 N–H and O–H groups in total. The van der Waals surface area contributed by atoms with Crippen LogP contribution in [0.5, 0.6) is 0 Å². The number of rotatable bonds is 9. The quantitative estimate of drug-likeness (QED) is 0.408. The third-order valence-electron chi connectivity index (χ3n) is 9.82. The highest BCUT2D eigenvalue weighted by molar-refractivity contribution is 5.83. The summed E-state index contributed by atoms with van der Waals surface area (Å²) in [7, 11) is 0. The molecular formula is C34H46N4O3. The predicted octanol–water partition coefficient (Wildman–Crippen LogP) is 5.31. The highest BCUT2D eigenvalue weighted by Crippen LogP contribution is 2.51. The SMILES string of the molecule is O=C(CCCCCN1CCOCC1)N[C@@H]1CCCC[C@@H]1C(=O)N1CC[C@@H]2[C@H](c3ccccc3)Nc3ccccc3[C@@H]21. The molecule has 3 aliphatic heterocycles. The first-order valence-corrected chi connectivity index (χ1v) is 16.0. The van der Waals surface area contributed by atoms with Crippen LogP contribution in [-0.4, -0.2) is 67.0 Å². The average molecular weight is 559 g/mol. The van der Waals surface area contributed by atoms with E-state index in [1.165, 1.54) is 11.1 Å². The lowest BCUT2D eigenvalue weighted by atomic mass is 9.79. The number of fused-ring (bicyclic) bond motifs is 3. The smallest absolute Gasteiger partial charge is 0.228 e. The fourth-order valence-corrected chi connectivity index (χ4v) is 7.68. The van der Waals surface area contributed by atoms with Gasteiger partial charge >= 0.3 is 0 Å². The van der Waals surface area contributed by atoms with Gasteiger partial charge in [-0.25, -0.2) is 0 Å². The minimum atomic E-state index is -0.134. The Morgan fingerprint density at radius 3 is 2.51 bits per heavy atom. The summed E-state index contributed by atoms with van der Waals surface area (Å²) in [6.45, 7) is 5.56. The summed E-state index contributed by atoms with van der Waals surface area (Å²) >= 11 is 0. The summed E-state index contributed by atoms with van der Waals surface area (Å²) in [5, 5.41) is 7.12. The van der Waals surface area contributed by atoms with E-state index < -0.39 is 0 Å². The number of ether oxygens (including phenoxy) is 1. The third kappa shape index (κ3) is 6.46. The number of morpholine rings is 1. The topological polar surface area (TPSA) is 73.9 Å². The summed E-state index contributed by atoms with van der Waals surface area (Å²) in [6, 6.07) is 19.3. The Kier molecular flexibility index (Phi) is 9.22. The lowest BCUT2D eigenvalue weighted by molar-refractivity contribution is -0.139. The van der Waals surface area contributed by atoms with Crippen LogP contribution in [0.4, 0.5) is 5.69 Å². The molecular weight excluding hydrogens is 512 g/mol. The molecule has 3 fully saturated rings. The van der Waals surface area contributed by atoms with Gasteiger partial charge in [-0.1, -0.05) is 67.8 Å². The molecule has 0 spiro atoms. The molecule has 4 aliphatic rings.